The van der Waals surface area contributed by atoms with Crippen LogP contribution >= 0.6 is 0 Å². The van der Waals surface area contributed by atoms with Gasteiger partial charge in [-0.3, -0.25) is 9.10 Å². The Balaban J connectivity index is 2.71. The van der Waals surface area contributed by atoms with E-state index >= 15 is 0 Å². The zero-order valence-electron chi connectivity index (χ0n) is 15.1. The smallest absolute Gasteiger partial charge is 0.240 e. The molecule has 1 N–H and O–H groups in total. The summed E-state index contributed by atoms with van der Waals surface area (Å²) in [5.41, 5.74) is 2.37. The topological polar surface area (TPSA) is 75.7 Å². The molecule has 0 unspecified atom stereocenters. The molecule has 0 bridgehead atoms. The lowest BCUT2D eigenvalue weighted by molar-refractivity contribution is -0.119. The number of carbonyl (C=O) groups is 1. The summed E-state index contributed by atoms with van der Waals surface area (Å²) < 4.78 is 30.8. The van der Waals surface area contributed by atoms with E-state index in [9.17, 15) is 13.2 Å². The molecule has 136 valence electrons. The number of benzene rings is 1. The number of anilines is 1. The summed E-state index contributed by atoms with van der Waals surface area (Å²) in [5.74, 6) is -0.328. The van der Waals surface area contributed by atoms with E-state index in [2.05, 4.69) is 5.32 Å². The quantitative estimate of drug-likeness (QED) is 0.687. The van der Waals surface area contributed by atoms with E-state index in [0.717, 1.165) is 21.7 Å². The van der Waals surface area contributed by atoms with Crippen molar-refractivity contribution in [3.05, 3.63) is 29.3 Å². The Kier molecular flexibility index (Phi) is 7.69. The van der Waals surface area contributed by atoms with Crippen molar-refractivity contribution in [2.45, 2.75) is 40.2 Å². The molecule has 7 heteroatoms. The van der Waals surface area contributed by atoms with Gasteiger partial charge in [0.25, 0.3) is 0 Å². The molecule has 0 fully saturated rings. The summed E-state index contributed by atoms with van der Waals surface area (Å²) in [5, 5.41) is 2.74. The van der Waals surface area contributed by atoms with Crippen molar-refractivity contribution in [1.82, 2.24) is 5.32 Å². The molecule has 0 spiro atoms. The van der Waals surface area contributed by atoms with Crippen LogP contribution in [0.2, 0.25) is 0 Å². The minimum atomic E-state index is -3.55. The Morgan fingerprint density at radius 3 is 2.54 bits per heavy atom. The number of aryl methyl sites for hydroxylation is 1. The molecule has 0 aliphatic carbocycles. The number of hydrogen-bond donors (Lipinski definition) is 1. The van der Waals surface area contributed by atoms with Crippen molar-refractivity contribution in [3.8, 4) is 0 Å². The van der Waals surface area contributed by atoms with Gasteiger partial charge in [0.05, 0.1) is 18.0 Å². The lowest BCUT2D eigenvalue weighted by atomic mass is 10.1. The van der Waals surface area contributed by atoms with Crippen molar-refractivity contribution in [1.29, 1.82) is 0 Å². The summed E-state index contributed by atoms with van der Waals surface area (Å²) in [7, 11) is -3.55. The molecule has 0 aromatic heterocycles. The number of amides is 1. The maximum atomic E-state index is 12.1. The van der Waals surface area contributed by atoms with Gasteiger partial charge in [0, 0.05) is 13.2 Å². The Hall–Kier alpha value is -1.60. The molecular formula is C17H28N2O4S. The van der Waals surface area contributed by atoms with Crippen LogP contribution < -0.4 is 9.62 Å². The average Bonchev–Trinajstić information content (AvgIpc) is 2.46. The molecule has 0 aliphatic heterocycles. The van der Waals surface area contributed by atoms with Gasteiger partial charge in [-0.05, 0) is 51.3 Å². The first-order valence-electron chi connectivity index (χ1n) is 8.05. The highest BCUT2D eigenvalue weighted by atomic mass is 32.2. The fourth-order valence-electron chi connectivity index (χ4n) is 2.19. The Labute approximate surface area is 145 Å². The minimum absolute atomic E-state index is 0.158. The van der Waals surface area contributed by atoms with Crippen molar-refractivity contribution in [3.63, 3.8) is 0 Å². The minimum Gasteiger partial charge on any atom is -0.379 e. The van der Waals surface area contributed by atoms with Gasteiger partial charge in [-0.15, -0.1) is 0 Å². The normalized spacial score (nSPS) is 11.6. The highest BCUT2D eigenvalue weighted by Gasteiger charge is 2.22. The molecule has 0 saturated heterocycles. The lowest BCUT2D eigenvalue weighted by Gasteiger charge is -2.24. The van der Waals surface area contributed by atoms with Gasteiger partial charge in [0.1, 0.15) is 6.54 Å². The predicted octanol–water partition coefficient (Wildman–Crippen LogP) is 2.00. The number of carbonyl (C=O) groups excluding carboxylic acids is 1. The summed E-state index contributed by atoms with van der Waals surface area (Å²) in [6, 6.07) is 5.41. The molecule has 1 amide bonds. The molecule has 24 heavy (non-hydrogen) atoms. The van der Waals surface area contributed by atoms with Gasteiger partial charge in [-0.1, -0.05) is 12.1 Å². The molecule has 0 saturated carbocycles. The third-order valence-electron chi connectivity index (χ3n) is 3.63. The van der Waals surface area contributed by atoms with E-state index in [1.54, 1.807) is 12.1 Å². The first-order valence-corrected chi connectivity index (χ1v) is 9.90. The highest BCUT2D eigenvalue weighted by molar-refractivity contribution is 7.92. The molecule has 0 atom stereocenters. The van der Waals surface area contributed by atoms with Crippen LogP contribution in [0.1, 0.15) is 31.4 Å². The largest absolute Gasteiger partial charge is 0.379 e. The van der Waals surface area contributed by atoms with Gasteiger partial charge in [-0.25, -0.2) is 8.42 Å². The monoisotopic (exact) mass is 356 g/mol. The molecule has 6 nitrogen and oxygen atoms in total. The van der Waals surface area contributed by atoms with Gasteiger partial charge in [0.2, 0.25) is 15.9 Å². The van der Waals surface area contributed by atoms with Crippen LogP contribution in [0.25, 0.3) is 0 Å². The number of nitrogens with one attached hydrogen (secondary N) is 1. The van der Waals surface area contributed by atoms with Crippen molar-refractivity contribution in [2.24, 2.45) is 0 Å². The van der Waals surface area contributed by atoms with Crippen molar-refractivity contribution < 1.29 is 17.9 Å². The van der Waals surface area contributed by atoms with Gasteiger partial charge >= 0.3 is 0 Å². The Bertz CT molecular complexity index is 657. The van der Waals surface area contributed by atoms with Crippen LogP contribution in [0.3, 0.4) is 0 Å². The number of sulfonamides is 1. The third-order valence-corrected chi connectivity index (χ3v) is 4.75. The van der Waals surface area contributed by atoms with E-state index in [4.69, 9.17) is 4.74 Å². The molecule has 0 heterocycles. The number of nitrogens with zero attached hydrogens (tertiary/aromatic N) is 1. The van der Waals surface area contributed by atoms with Crippen LogP contribution in [-0.4, -0.2) is 46.4 Å². The maximum absolute atomic E-state index is 12.1. The summed E-state index contributed by atoms with van der Waals surface area (Å²) in [6.45, 7) is 8.45. The average molecular weight is 356 g/mol. The van der Waals surface area contributed by atoms with Crippen LogP contribution in [-0.2, 0) is 19.6 Å². The Morgan fingerprint density at radius 2 is 1.96 bits per heavy atom. The predicted molar refractivity (Wildman–Crippen MR) is 96.8 cm³/mol. The van der Waals surface area contributed by atoms with E-state index in [0.29, 0.717) is 25.3 Å². The fraction of sp³-hybridized carbons (Fsp3) is 0.588. The molecular weight excluding hydrogens is 328 g/mol. The van der Waals surface area contributed by atoms with Gasteiger partial charge in [-0.2, -0.15) is 0 Å². The molecule has 1 rings (SSSR count). The second-order valence-corrected chi connectivity index (χ2v) is 8.02. The van der Waals surface area contributed by atoms with Crippen LogP contribution in [0.4, 0.5) is 5.69 Å². The van der Waals surface area contributed by atoms with E-state index in [1.165, 1.54) is 0 Å². The number of hydrogen-bond acceptors (Lipinski definition) is 4. The fourth-order valence-corrected chi connectivity index (χ4v) is 3.10. The van der Waals surface area contributed by atoms with Crippen LogP contribution in [0, 0.1) is 13.8 Å². The van der Waals surface area contributed by atoms with Crippen molar-refractivity contribution >= 4 is 21.6 Å². The summed E-state index contributed by atoms with van der Waals surface area (Å²) >= 11 is 0. The zero-order valence-corrected chi connectivity index (χ0v) is 15.9. The first-order chi connectivity index (χ1) is 11.1. The molecule has 1 aromatic carbocycles. The van der Waals surface area contributed by atoms with E-state index < -0.39 is 10.0 Å². The summed E-state index contributed by atoms with van der Waals surface area (Å²) in [6.07, 6.45) is 1.95. The SMILES string of the molecule is Cc1cccc(N(CC(=O)NCCCOC(C)C)S(C)(=O)=O)c1C. The van der Waals surface area contributed by atoms with Crippen molar-refractivity contribution in [2.75, 3.05) is 30.3 Å². The third kappa shape index (κ3) is 6.49. The number of rotatable bonds is 9. The molecule has 0 radical (unpaired) electrons. The summed E-state index contributed by atoms with van der Waals surface area (Å²) in [4.78, 5) is 12.1. The maximum Gasteiger partial charge on any atom is 0.240 e. The Morgan fingerprint density at radius 1 is 1.29 bits per heavy atom. The number of ether oxygens (including phenoxy) is 1. The van der Waals surface area contributed by atoms with Crippen LogP contribution in [0.15, 0.2) is 18.2 Å². The molecule has 1 aromatic rings. The first kappa shape index (κ1) is 20.4. The van der Waals surface area contributed by atoms with E-state index in [1.807, 2.05) is 33.8 Å². The lowest BCUT2D eigenvalue weighted by Crippen LogP contribution is -2.41. The second kappa shape index (κ2) is 9.03. The zero-order chi connectivity index (χ0) is 18.3. The second-order valence-electron chi connectivity index (χ2n) is 6.11. The molecule has 0 aliphatic rings. The highest BCUT2D eigenvalue weighted by Crippen LogP contribution is 2.24. The van der Waals surface area contributed by atoms with Gasteiger partial charge < -0.3 is 10.1 Å². The van der Waals surface area contributed by atoms with E-state index in [-0.39, 0.29) is 18.6 Å². The van der Waals surface area contributed by atoms with Gasteiger partial charge in [0.15, 0.2) is 0 Å². The standard InChI is InChI=1S/C17H28N2O4S/c1-13(2)23-11-7-10-18-17(20)12-19(24(5,21)22)16-9-6-8-14(3)15(16)4/h6,8-9,13H,7,10-12H2,1-5H3,(H,18,20). The van der Waals surface area contributed by atoms with Crippen LogP contribution in [0.5, 0.6) is 0 Å².